The van der Waals surface area contributed by atoms with Crippen LogP contribution in [0.1, 0.15) is 25.0 Å². The van der Waals surface area contributed by atoms with Gasteiger partial charge in [-0.25, -0.2) is 8.42 Å². The van der Waals surface area contributed by atoms with Crippen LogP contribution in [0.5, 0.6) is 0 Å². The van der Waals surface area contributed by atoms with Crippen molar-refractivity contribution in [3.63, 3.8) is 0 Å². The second kappa shape index (κ2) is 15.0. The molecular weight excluding hydrogens is 626 g/mol. The van der Waals surface area contributed by atoms with E-state index >= 15 is 0 Å². The molecule has 0 saturated carbocycles. The number of para-hydroxylation sites is 1. The monoisotopic (exact) mass is 661 g/mol. The van der Waals surface area contributed by atoms with E-state index < -0.39 is 28.5 Å². The number of hydrogen-bond acceptors (Lipinski definition) is 4. The molecule has 0 aliphatic rings. The number of nitrogens with one attached hydrogen (secondary N) is 1. The molecule has 0 aliphatic heterocycles. The van der Waals surface area contributed by atoms with Gasteiger partial charge in [-0.15, -0.1) is 0 Å². The maximum Gasteiger partial charge on any atom is 0.264 e. The van der Waals surface area contributed by atoms with Gasteiger partial charge in [-0.2, -0.15) is 0 Å². The highest BCUT2D eigenvalue weighted by Crippen LogP contribution is 2.25. The molecule has 7 nitrogen and oxygen atoms in total. The van der Waals surface area contributed by atoms with Crippen molar-refractivity contribution in [3.8, 4) is 0 Å². The molecule has 224 valence electrons. The summed E-state index contributed by atoms with van der Waals surface area (Å²) in [7, 11) is -4.11. The van der Waals surface area contributed by atoms with Gasteiger partial charge in [-0.05, 0) is 53.4 Å². The van der Waals surface area contributed by atoms with Crippen LogP contribution in [-0.4, -0.2) is 44.3 Å². The molecule has 9 heteroatoms. The summed E-state index contributed by atoms with van der Waals surface area (Å²) < 4.78 is 29.9. The first-order chi connectivity index (χ1) is 20.6. The highest BCUT2D eigenvalue weighted by molar-refractivity contribution is 9.10. The number of benzene rings is 4. The fourth-order valence-electron chi connectivity index (χ4n) is 4.61. The normalized spacial score (nSPS) is 12.0. The highest BCUT2D eigenvalue weighted by Gasteiger charge is 2.34. The lowest BCUT2D eigenvalue weighted by Gasteiger charge is -2.34. The summed E-state index contributed by atoms with van der Waals surface area (Å²) >= 11 is 3.46. The van der Waals surface area contributed by atoms with Gasteiger partial charge in [0.25, 0.3) is 10.0 Å². The fourth-order valence-corrected chi connectivity index (χ4v) is 6.31. The fraction of sp³-hybridized carbons (Fsp3) is 0.235. The van der Waals surface area contributed by atoms with E-state index in [9.17, 15) is 18.0 Å². The van der Waals surface area contributed by atoms with Crippen molar-refractivity contribution in [1.29, 1.82) is 0 Å². The minimum absolute atomic E-state index is 0.0709. The Hall–Kier alpha value is -3.95. The second-order valence-corrected chi connectivity index (χ2v) is 13.4. The third-order valence-corrected chi connectivity index (χ3v) is 9.19. The molecule has 0 bridgehead atoms. The van der Waals surface area contributed by atoms with Gasteiger partial charge in [0.05, 0.1) is 10.6 Å². The number of rotatable bonds is 13. The first-order valence-corrected chi connectivity index (χ1v) is 16.4. The van der Waals surface area contributed by atoms with Crippen molar-refractivity contribution >= 4 is 43.5 Å². The summed E-state index contributed by atoms with van der Waals surface area (Å²) in [5.74, 6) is -0.575. The van der Waals surface area contributed by atoms with Crippen LogP contribution in [0, 0.1) is 5.92 Å². The Labute approximate surface area is 262 Å². The van der Waals surface area contributed by atoms with Crippen molar-refractivity contribution in [2.24, 2.45) is 5.92 Å². The molecule has 1 atom stereocenters. The summed E-state index contributed by atoms with van der Waals surface area (Å²) in [6, 6.07) is 32.7. The Balaban J connectivity index is 1.77. The molecule has 0 fully saturated rings. The van der Waals surface area contributed by atoms with Gasteiger partial charge in [-0.3, -0.25) is 13.9 Å². The Morgan fingerprint density at radius 1 is 0.767 bits per heavy atom. The van der Waals surface area contributed by atoms with Crippen LogP contribution in [0.15, 0.2) is 125 Å². The van der Waals surface area contributed by atoms with Gasteiger partial charge in [0, 0.05) is 24.0 Å². The first-order valence-electron chi connectivity index (χ1n) is 14.1. The molecule has 0 heterocycles. The average Bonchev–Trinajstić information content (AvgIpc) is 3.02. The summed E-state index contributed by atoms with van der Waals surface area (Å²) in [6.07, 6.45) is 0.268. The minimum Gasteiger partial charge on any atom is -0.354 e. The maximum absolute atomic E-state index is 14.4. The zero-order valence-corrected chi connectivity index (χ0v) is 26.7. The lowest BCUT2D eigenvalue weighted by atomic mass is 10.0. The summed E-state index contributed by atoms with van der Waals surface area (Å²) in [4.78, 5) is 29.7. The van der Waals surface area contributed by atoms with E-state index in [4.69, 9.17) is 0 Å². The van der Waals surface area contributed by atoms with E-state index in [1.54, 1.807) is 48.5 Å². The van der Waals surface area contributed by atoms with Crippen molar-refractivity contribution in [3.05, 3.63) is 131 Å². The van der Waals surface area contributed by atoms with Crippen LogP contribution in [0.2, 0.25) is 0 Å². The molecule has 0 unspecified atom stereocenters. The SMILES string of the molecule is CC(C)CNC(=O)[C@@H](Cc1ccccc1)N(Cc1ccc(Br)cc1)C(=O)CN(c1ccccc1)S(=O)(=O)c1ccccc1. The molecule has 0 spiro atoms. The number of amides is 2. The molecular formula is C34H36BrN3O4S. The lowest BCUT2D eigenvalue weighted by molar-refractivity contribution is -0.140. The van der Waals surface area contributed by atoms with Crippen LogP contribution < -0.4 is 9.62 Å². The number of sulfonamides is 1. The third-order valence-electron chi connectivity index (χ3n) is 6.88. The van der Waals surface area contributed by atoms with Crippen LogP contribution in [-0.2, 0) is 32.6 Å². The van der Waals surface area contributed by atoms with Crippen molar-refractivity contribution in [2.45, 2.75) is 37.8 Å². The van der Waals surface area contributed by atoms with E-state index in [2.05, 4.69) is 21.2 Å². The average molecular weight is 663 g/mol. The smallest absolute Gasteiger partial charge is 0.264 e. The minimum atomic E-state index is -4.11. The number of hydrogen-bond donors (Lipinski definition) is 1. The summed E-state index contributed by atoms with van der Waals surface area (Å²) in [5, 5.41) is 3.00. The van der Waals surface area contributed by atoms with Gasteiger partial charge < -0.3 is 10.2 Å². The van der Waals surface area contributed by atoms with Crippen molar-refractivity contribution < 1.29 is 18.0 Å². The van der Waals surface area contributed by atoms with Crippen LogP contribution in [0.4, 0.5) is 5.69 Å². The molecule has 0 radical (unpaired) electrons. The van der Waals surface area contributed by atoms with Gasteiger partial charge in [-0.1, -0.05) is 109 Å². The Bertz CT molecular complexity index is 1580. The van der Waals surface area contributed by atoms with Crippen LogP contribution in [0.25, 0.3) is 0 Å². The van der Waals surface area contributed by atoms with E-state index in [0.29, 0.717) is 12.2 Å². The molecule has 2 amide bonds. The lowest BCUT2D eigenvalue weighted by Crippen LogP contribution is -2.53. The van der Waals surface area contributed by atoms with E-state index in [1.165, 1.54) is 17.0 Å². The molecule has 0 aliphatic carbocycles. The second-order valence-electron chi connectivity index (χ2n) is 10.7. The third kappa shape index (κ3) is 8.78. The zero-order valence-electron chi connectivity index (χ0n) is 24.3. The number of nitrogens with zero attached hydrogens (tertiary/aromatic N) is 2. The molecule has 1 N–H and O–H groups in total. The Morgan fingerprint density at radius 3 is 1.91 bits per heavy atom. The summed E-state index contributed by atoms with van der Waals surface area (Å²) in [5.41, 5.74) is 2.05. The highest BCUT2D eigenvalue weighted by atomic mass is 79.9. The molecule has 4 aromatic rings. The van der Waals surface area contributed by atoms with Gasteiger partial charge in [0.1, 0.15) is 12.6 Å². The Kier molecular flexibility index (Phi) is 11.1. The van der Waals surface area contributed by atoms with E-state index in [1.807, 2.05) is 68.4 Å². The summed E-state index contributed by atoms with van der Waals surface area (Å²) in [6.45, 7) is 4.09. The number of anilines is 1. The molecule has 0 saturated heterocycles. The largest absolute Gasteiger partial charge is 0.354 e. The molecule has 4 rings (SSSR count). The number of halogens is 1. The topological polar surface area (TPSA) is 86.8 Å². The van der Waals surface area contributed by atoms with Gasteiger partial charge in [0.15, 0.2) is 0 Å². The van der Waals surface area contributed by atoms with Crippen LogP contribution >= 0.6 is 15.9 Å². The predicted octanol–water partition coefficient (Wildman–Crippen LogP) is 6.06. The number of carbonyl (C=O) groups excluding carboxylic acids is 2. The zero-order chi connectivity index (χ0) is 30.8. The quantitative estimate of drug-likeness (QED) is 0.189. The van der Waals surface area contributed by atoms with Gasteiger partial charge in [0.2, 0.25) is 11.8 Å². The van der Waals surface area contributed by atoms with E-state index in [-0.39, 0.29) is 29.7 Å². The Morgan fingerprint density at radius 2 is 1.33 bits per heavy atom. The van der Waals surface area contributed by atoms with Crippen molar-refractivity contribution in [1.82, 2.24) is 10.2 Å². The van der Waals surface area contributed by atoms with Gasteiger partial charge >= 0.3 is 0 Å². The molecule has 0 aromatic heterocycles. The first kappa shape index (κ1) is 32.0. The van der Waals surface area contributed by atoms with E-state index in [0.717, 1.165) is 19.9 Å². The molecule has 4 aromatic carbocycles. The number of carbonyl (C=O) groups is 2. The standard InChI is InChI=1S/C34H36BrN3O4S/c1-26(2)23-36-34(40)32(22-27-12-6-3-7-13-27)37(24-28-18-20-29(35)21-19-28)33(39)25-38(30-14-8-4-9-15-30)43(41,42)31-16-10-5-11-17-31/h3-21,26,32H,22-25H2,1-2H3,(H,36,40)/t32-/m1/s1. The predicted molar refractivity (Wildman–Crippen MR) is 174 cm³/mol. The maximum atomic E-state index is 14.4. The van der Waals surface area contributed by atoms with Crippen molar-refractivity contribution in [2.75, 3.05) is 17.4 Å². The van der Waals surface area contributed by atoms with Crippen LogP contribution in [0.3, 0.4) is 0 Å². The molecule has 43 heavy (non-hydrogen) atoms.